The fraction of sp³-hybridized carbons (Fsp3) is 0.278. The van der Waals surface area contributed by atoms with E-state index in [2.05, 4.69) is 4.99 Å². The third-order valence-corrected chi connectivity index (χ3v) is 4.07. The molecule has 2 aromatic rings. The second kappa shape index (κ2) is 6.50. The van der Waals surface area contributed by atoms with Crippen molar-refractivity contribution >= 4 is 17.8 Å². The van der Waals surface area contributed by atoms with Crippen LogP contribution in [0.5, 0.6) is 11.5 Å². The van der Waals surface area contributed by atoms with Gasteiger partial charge in [-0.2, -0.15) is 13.2 Å². The third kappa shape index (κ3) is 4.12. The number of ether oxygens (including phenoxy) is 1. The molecule has 1 heterocycles. The second-order valence-electron chi connectivity index (χ2n) is 6.24. The molecule has 0 spiro atoms. The molecule has 0 atom stereocenters. The SMILES string of the molecule is Cc1cc(OSC(F)(F)F)cc2c1C(c1ccc(F)cc1)=NC(C)(C)O2. The molecule has 1 aliphatic rings. The van der Waals surface area contributed by atoms with Gasteiger partial charge in [-0.05, 0) is 56.7 Å². The molecule has 0 radical (unpaired) electrons. The second-order valence-corrected chi connectivity index (χ2v) is 7.04. The molecular weight excluding hydrogens is 370 g/mol. The highest BCUT2D eigenvalue weighted by molar-refractivity contribution is 7.95. The lowest BCUT2D eigenvalue weighted by Gasteiger charge is -2.31. The molecule has 26 heavy (non-hydrogen) atoms. The maximum absolute atomic E-state index is 13.2. The van der Waals surface area contributed by atoms with Gasteiger partial charge in [-0.15, -0.1) is 0 Å². The molecule has 0 saturated carbocycles. The summed E-state index contributed by atoms with van der Waals surface area (Å²) in [7, 11) is 0. The van der Waals surface area contributed by atoms with Crippen molar-refractivity contribution in [3.8, 4) is 11.5 Å². The summed E-state index contributed by atoms with van der Waals surface area (Å²) in [4.78, 5) is 4.58. The molecule has 3 rings (SSSR count). The lowest BCUT2D eigenvalue weighted by Crippen LogP contribution is -2.33. The molecule has 3 nitrogen and oxygen atoms in total. The molecule has 0 aliphatic carbocycles. The maximum Gasteiger partial charge on any atom is 0.479 e. The highest BCUT2D eigenvalue weighted by Gasteiger charge is 2.33. The molecule has 0 amide bonds. The molecule has 0 N–H and O–H groups in total. The summed E-state index contributed by atoms with van der Waals surface area (Å²) in [5.74, 6) is 0.0207. The molecule has 0 bridgehead atoms. The Hall–Kier alpha value is -2.22. The topological polar surface area (TPSA) is 30.8 Å². The van der Waals surface area contributed by atoms with E-state index in [-0.39, 0.29) is 11.6 Å². The van der Waals surface area contributed by atoms with Crippen molar-refractivity contribution in [1.29, 1.82) is 0 Å². The summed E-state index contributed by atoms with van der Waals surface area (Å²) >= 11 is -0.583. The number of alkyl halides is 3. The minimum Gasteiger partial charge on any atom is -0.466 e. The quantitative estimate of drug-likeness (QED) is 0.506. The summed E-state index contributed by atoms with van der Waals surface area (Å²) in [5, 5.41) is 0. The van der Waals surface area contributed by atoms with Crippen LogP contribution in [0.25, 0.3) is 0 Å². The predicted molar refractivity (Wildman–Crippen MR) is 92.2 cm³/mol. The number of aryl methyl sites for hydroxylation is 1. The Bertz CT molecular complexity index is 861. The van der Waals surface area contributed by atoms with Crippen LogP contribution in [0.1, 0.15) is 30.5 Å². The van der Waals surface area contributed by atoms with Gasteiger partial charge in [-0.1, -0.05) is 0 Å². The number of hydrogen-bond donors (Lipinski definition) is 0. The summed E-state index contributed by atoms with van der Waals surface area (Å²) in [6, 6.07) is 8.74. The predicted octanol–water partition coefficient (Wildman–Crippen LogP) is 5.65. The first-order valence-corrected chi connectivity index (χ1v) is 8.40. The molecular formula is C18H15F4NO2S. The van der Waals surface area contributed by atoms with E-state index in [9.17, 15) is 17.6 Å². The standard InChI is InChI=1S/C18H15F4NO2S/c1-10-8-13(25-26-18(20,21)22)9-14-15(10)16(23-17(2,3)24-14)11-4-6-12(19)7-5-11/h4-9H,1-3H3. The molecule has 2 aromatic carbocycles. The van der Waals surface area contributed by atoms with Crippen molar-refractivity contribution in [2.24, 2.45) is 4.99 Å². The third-order valence-electron chi connectivity index (χ3n) is 3.60. The Morgan fingerprint density at radius 2 is 1.77 bits per heavy atom. The first-order valence-electron chi connectivity index (χ1n) is 7.66. The summed E-state index contributed by atoms with van der Waals surface area (Å²) in [5.41, 5.74) is -2.89. The van der Waals surface area contributed by atoms with Gasteiger partial charge in [-0.25, -0.2) is 9.38 Å². The van der Waals surface area contributed by atoms with E-state index >= 15 is 0 Å². The van der Waals surface area contributed by atoms with Gasteiger partial charge in [0.05, 0.1) is 5.71 Å². The highest BCUT2D eigenvalue weighted by atomic mass is 32.2. The monoisotopic (exact) mass is 385 g/mol. The van der Waals surface area contributed by atoms with Crippen LogP contribution in [0.3, 0.4) is 0 Å². The van der Waals surface area contributed by atoms with E-state index in [1.807, 2.05) is 0 Å². The normalized spacial score (nSPS) is 15.7. The number of aliphatic imine (C=N–C) groups is 1. The number of benzene rings is 2. The van der Waals surface area contributed by atoms with Gasteiger partial charge in [0.25, 0.3) is 0 Å². The van der Waals surface area contributed by atoms with Crippen molar-refractivity contribution in [1.82, 2.24) is 0 Å². The molecule has 1 aliphatic heterocycles. The van der Waals surface area contributed by atoms with Crippen LogP contribution in [0.15, 0.2) is 41.4 Å². The zero-order valence-corrected chi connectivity index (χ0v) is 15.0. The van der Waals surface area contributed by atoms with E-state index in [1.54, 1.807) is 32.9 Å². The van der Waals surface area contributed by atoms with Gasteiger partial charge >= 0.3 is 5.51 Å². The lowest BCUT2D eigenvalue weighted by molar-refractivity contribution is -0.0369. The number of hydrogen-bond acceptors (Lipinski definition) is 4. The Kier molecular flexibility index (Phi) is 4.64. The molecule has 8 heteroatoms. The Balaban J connectivity index is 2.05. The molecule has 0 aromatic heterocycles. The van der Waals surface area contributed by atoms with Gasteiger partial charge in [0.1, 0.15) is 17.3 Å². The number of fused-ring (bicyclic) bond motifs is 1. The van der Waals surface area contributed by atoms with Crippen molar-refractivity contribution < 1.29 is 26.5 Å². The molecule has 0 fully saturated rings. The van der Waals surface area contributed by atoms with Crippen LogP contribution in [0, 0.1) is 12.7 Å². The van der Waals surface area contributed by atoms with Gasteiger partial charge in [0, 0.05) is 17.2 Å². The van der Waals surface area contributed by atoms with E-state index in [0.717, 1.165) is 0 Å². The zero-order valence-electron chi connectivity index (χ0n) is 14.1. The van der Waals surface area contributed by atoms with E-state index in [4.69, 9.17) is 8.92 Å². The van der Waals surface area contributed by atoms with Crippen molar-refractivity contribution in [2.75, 3.05) is 0 Å². The van der Waals surface area contributed by atoms with E-state index in [1.165, 1.54) is 24.3 Å². The van der Waals surface area contributed by atoms with Crippen molar-refractivity contribution in [3.63, 3.8) is 0 Å². The van der Waals surface area contributed by atoms with Crippen LogP contribution in [-0.4, -0.2) is 16.9 Å². The van der Waals surface area contributed by atoms with Crippen molar-refractivity contribution in [2.45, 2.75) is 32.0 Å². The fourth-order valence-corrected chi connectivity index (χ4v) is 2.97. The molecule has 0 unspecified atom stereocenters. The zero-order chi connectivity index (χ0) is 19.1. The number of rotatable bonds is 3. The summed E-state index contributed by atoms with van der Waals surface area (Å²) < 4.78 is 61.0. The Morgan fingerprint density at radius 3 is 2.38 bits per heavy atom. The maximum atomic E-state index is 13.2. The number of nitrogens with zero attached hydrogens (tertiary/aromatic N) is 1. The van der Waals surface area contributed by atoms with Crippen molar-refractivity contribution in [3.05, 3.63) is 58.9 Å². The van der Waals surface area contributed by atoms with Crippen LogP contribution >= 0.6 is 12.0 Å². The number of halogens is 4. The van der Waals surface area contributed by atoms with Gasteiger partial charge in [0.15, 0.2) is 17.8 Å². The summed E-state index contributed by atoms with van der Waals surface area (Å²) in [6.07, 6.45) is 0. The largest absolute Gasteiger partial charge is 0.479 e. The van der Waals surface area contributed by atoms with Crippen LogP contribution in [0.2, 0.25) is 0 Å². The summed E-state index contributed by atoms with van der Waals surface area (Å²) in [6.45, 7) is 5.18. The average molecular weight is 385 g/mol. The smallest absolute Gasteiger partial charge is 0.466 e. The first kappa shape index (κ1) is 18.6. The van der Waals surface area contributed by atoms with E-state index in [0.29, 0.717) is 28.2 Å². The van der Waals surface area contributed by atoms with Crippen LogP contribution in [-0.2, 0) is 0 Å². The fourth-order valence-electron chi connectivity index (χ4n) is 2.68. The van der Waals surface area contributed by atoms with Gasteiger partial charge in [-0.3, -0.25) is 0 Å². The van der Waals surface area contributed by atoms with Crippen LogP contribution in [0.4, 0.5) is 17.6 Å². The Morgan fingerprint density at radius 1 is 1.12 bits per heavy atom. The van der Waals surface area contributed by atoms with E-state index < -0.39 is 23.3 Å². The lowest BCUT2D eigenvalue weighted by atomic mass is 9.95. The first-order chi connectivity index (χ1) is 12.0. The molecule has 0 saturated heterocycles. The molecule has 138 valence electrons. The van der Waals surface area contributed by atoms with Crippen LogP contribution < -0.4 is 8.92 Å². The van der Waals surface area contributed by atoms with Gasteiger partial charge < -0.3 is 8.92 Å². The van der Waals surface area contributed by atoms with Gasteiger partial charge in [0.2, 0.25) is 0 Å². The minimum absolute atomic E-state index is 0.0275. The average Bonchev–Trinajstić information content (AvgIpc) is 2.51. The minimum atomic E-state index is -4.51. The Labute approximate surface area is 152 Å². The highest BCUT2D eigenvalue weighted by Crippen LogP contribution is 2.40.